The van der Waals surface area contributed by atoms with Gasteiger partial charge in [0.1, 0.15) is 5.52 Å². The van der Waals surface area contributed by atoms with Crippen molar-refractivity contribution in [2.24, 2.45) is 0 Å². The second kappa shape index (κ2) is 5.34. The lowest BCUT2D eigenvalue weighted by molar-refractivity contribution is 0.0697. The fourth-order valence-electron chi connectivity index (χ4n) is 2.87. The molecule has 0 radical (unpaired) electrons. The van der Waals surface area contributed by atoms with Gasteiger partial charge in [-0.15, -0.1) is 0 Å². The Morgan fingerprint density at radius 2 is 1.79 bits per heavy atom. The summed E-state index contributed by atoms with van der Waals surface area (Å²) < 4.78 is 3.44. The van der Waals surface area contributed by atoms with Crippen LogP contribution in [-0.2, 0) is 6.54 Å². The average Bonchev–Trinajstić information content (AvgIpc) is 3.09. The van der Waals surface area contributed by atoms with Crippen molar-refractivity contribution in [3.05, 3.63) is 82.4 Å². The summed E-state index contributed by atoms with van der Waals surface area (Å²) in [5, 5.41) is 8.98. The molecule has 0 aliphatic heterocycles. The second-order valence-electron chi connectivity index (χ2n) is 5.50. The molecule has 6 nitrogen and oxygen atoms in total. The van der Waals surface area contributed by atoms with Gasteiger partial charge in [-0.05, 0) is 42.0 Å². The van der Waals surface area contributed by atoms with E-state index < -0.39 is 5.97 Å². The first-order valence-corrected chi connectivity index (χ1v) is 7.42. The van der Waals surface area contributed by atoms with Gasteiger partial charge in [-0.1, -0.05) is 12.1 Å². The van der Waals surface area contributed by atoms with Gasteiger partial charge in [0.2, 0.25) is 0 Å². The van der Waals surface area contributed by atoms with E-state index in [0.29, 0.717) is 17.7 Å². The summed E-state index contributed by atoms with van der Waals surface area (Å²) in [6.45, 7) is 0.327. The highest BCUT2D eigenvalue weighted by molar-refractivity contribution is 5.87. The first-order valence-electron chi connectivity index (χ1n) is 7.42. The number of rotatable bonds is 3. The van der Waals surface area contributed by atoms with E-state index in [2.05, 4.69) is 4.98 Å². The molecule has 0 aliphatic carbocycles. The van der Waals surface area contributed by atoms with Crippen molar-refractivity contribution in [1.82, 2.24) is 14.0 Å². The van der Waals surface area contributed by atoms with E-state index in [4.69, 9.17) is 5.11 Å². The van der Waals surface area contributed by atoms with Crippen molar-refractivity contribution in [1.29, 1.82) is 0 Å². The van der Waals surface area contributed by atoms with Gasteiger partial charge >= 0.3 is 5.97 Å². The third-order valence-electron chi connectivity index (χ3n) is 4.04. The smallest absolute Gasteiger partial charge is 0.335 e. The van der Waals surface area contributed by atoms with Crippen molar-refractivity contribution < 1.29 is 9.90 Å². The Morgan fingerprint density at radius 1 is 1.04 bits per heavy atom. The number of benzene rings is 1. The predicted octanol–water partition coefficient (Wildman–Crippen LogP) is 2.40. The Labute approximate surface area is 136 Å². The quantitative estimate of drug-likeness (QED) is 0.629. The van der Waals surface area contributed by atoms with Crippen LogP contribution in [0.1, 0.15) is 15.9 Å². The molecule has 6 heteroatoms. The highest BCUT2D eigenvalue weighted by atomic mass is 16.4. The first-order chi connectivity index (χ1) is 11.6. The van der Waals surface area contributed by atoms with Gasteiger partial charge in [-0.25, -0.2) is 9.78 Å². The van der Waals surface area contributed by atoms with Crippen LogP contribution in [0.4, 0.5) is 0 Å². The number of aromatic nitrogens is 3. The molecule has 0 saturated heterocycles. The molecule has 0 spiro atoms. The van der Waals surface area contributed by atoms with Crippen LogP contribution < -0.4 is 5.56 Å². The van der Waals surface area contributed by atoms with Crippen LogP contribution in [0.5, 0.6) is 0 Å². The molecule has 0 fully saturated rings. The van der Waals surface area contributed by atoms with E-state index in [9.17, 15) is 9.59 Å². The van der Waals surface area contributed by atoms with Crippen LogP contribution in [0.3, 0.4) is 0 Å². The molecule has 0 amide bonds. The minimum absolute atomic E-state index is 0.131. The SMILES string of the molecule is O=C(O)c1ccc(Cn2c(=O)c3cccn3c3cccnc32)cc1. The van der Waals surface area contributed by atoms with Crippen molar-refractivity contribution >= 4 is 22.6 Å². The minimum Gasteiger partial charge on any atom is -0.478 e. The zero-order chi connectivity index (χ0) is 16.7. The van der Waals surface area contributed by atoms with Gasteiger partial charge in [0.05, 0.1) is 17.6 Å². The molecule has 0 atom stereocenters. The Balaban J connectivity index is 1.90. The zero-order valence-corrected chi connectivity index (χ0v) is 12.6. The Hall–Kier alpha value is -3.41. The molecular weight excluding hydrogens is 306 g/mol. The Morgan fingerprint density at radius 3 is 2.54 bits per heavy atom. The van der Waals surface area contributed by atoms with Crippen LogP contribution in [-0.4, -0.2) is 25.0 Å². The Kier molecular flexibility index (Phi) is 3.16. The zero-order valence-electron chi connectivity index (χ0n) is 12.6. The molecule has 3 heterocycles. The number of pyridine rings is 1. The normalized spacial score (nSPS) is 11.2. The van der Waals surface area contributed by atoms with E-state index in [1.807, 2.05) is 28.8 Å². The lowest BCUT2D eigenvalue weighted by Gasteiger charge is -2.11. The molecule has 3 aromatic heterocycles. The van der Waals surface area contributed by atoms with Gasteiger partial charge in [0.15, 0.2) is 5.65 Å². The van der Waals surface area contributed by atoms with Gasteiger partial charge in [0.25, 0.3) is 5.56 Å². The predicted molar refractivity (Wildman–Crippen MR) is 89.5 cm³/mol. The van der Waals surface area contributed by atoms with E-state index in [1.54, 1.807) is 29.0 Å². The number of carbonyl (C=O) groups is 1. The average molecular weight is 319 g/mol. The van der Waals surface area contributed by atoms with Crippen molar-refractivity contribution in [2.45, 2.75) is 6.54 Å². The van der Waals surface area contributed by atoms with Crippen LogP contribution in [0.2, 0.25) is 0 Å². The third kappa shape index (κ3) is 2.16. The maximum Gasteiger partial charge on any atom is 0.335 e. The second-order valence-corrected chi connectivity index (χ2v) is 5.50. The number of hydrogen-bond donors (Lipinski definition) is 1. The van der Waals surface area contributed by atoms with E-state index >= 15 is 0 Å². The van der Waals surface area contributed by atoms with E-state index in [0.717, 1.165) is 11.1 Å². The molecule has 118 valence electrons. The summed E-state index contributed by atoms with van der Waals surface area (Å²) in [7, 11) is 0. The summed E-state index contributed by atoms with van der Waals surface area (Å²) in [5.74, 6) is -0.972. The fourth-order valence-corrected chi connectivity index (χ4v) is 2.87. The van der Waals surface area contributed by atoms with E-state index in [-0.39, 0.29) is 11.1 Å². The fraction of sp³-hybridized carbons (Fsp3) is 0.0556. The van der Waals surface area contributed by atoms with Gasteiger partial charge < -0.3 is 9.51 Å². The summed E-state index contributed by atoms with van der Waals surface area (Å²) in [6.07, 6.45) is 3.49. The summed E-state index contributed by atoms with van der Waals surface area (Å²) >= 11 is 0. The maximum absolute atomic E-state index is 12.8. The van der Waals surface area contributed by atoms with E-state index in [1.165, 1.54) is 12.1 Å². The van der Waals surface area contributed by atoms with Gasteiger partial charge in [0, 0.05) is 12.4 Å². The lowest BCUT2D eigenvalue weighted by atomic mass is 10.1. The third-order valence-corrected chi connectivity index (χ3v) is 4.04. The van der Waals surface area contributed by atoms with Crippen molar-refractivity contribution in [2.75, 3.05) is 0 Å². The maximum atomic E-state index is 12.8. The molecular formula is C18H13N3O3. The molecule has 0 unspecified atom stereocenters. The largest absolute Gasteiger partial charge is 0.478 e. The minimum atomic E-state index is -0.972. The molecule has 1 aromatic carbocycles. The summed E-state index contributed by atoms with van der Waals surface area (Å²) in [4.78, 5) is 28.1. The van der Waals surface area contributed by atoms with Crippen molar-refractivity contribution in [3.8, 4) is 0 Å². The molecule has 0 aliphatic rings. The van der Waals surface area contributed by atoms with Crippen LogP contribution in [0, 0.1) is 0 Å². The molecule has 4 aromatic rings. The van der Waals surface area contributed by atoms with Crippen LogP contribution in [0.15, 0.2) is 65.7 Å². The molecule has 0 bridgehead atoms. The number of nitrogens with zero attached hydrogens (tertiary/aromatic N) is 3. The molecule has 4 rings (SSSR count). The number of hydrogen-bond acceptors (Lipinski definition) is 3. The first kappa shape index (κ1) is 14.2. The van der Waals surface area contributed by atoms with Crippen molar-refractivity contribution in [3.63, 3.8) is 0 Å². The molecule has 1 N–H and O–H groups in total. The summed E-state index contributed by atoms with van der Waals surface area (Å²) in [5.41, 5.74) is 2.94. The molecule has 0 saturated carbocycles. The molecule has 24 heavy (non-hydrogen) atoms. The monoisotopic (exact) mass is 319 g/mol. The highest BCUT2D eigenvalue weighted by Gasteiger charge is 2.12. The van der Waals surface area contributed by atoms with Crippen LogP contribution >= 0.6 is 0 Å². The number of aromatic carboxylic acids is 1. The Bertz CT molecular complexity index is 1120. The number of carboxylic acids is 1. The topological polar surface area (TPSA) is 76.6 Å². The number of fused-ring (bicyclic) bond motifs is 3. The number of carboxylic acid groups (broad SMARTS) is 1. The standard InChI is InChI=1S/C18H13N3O3/c22-17-15-4-2-10-20(15)14-3-1-9-19-16(14)21(17)11-12-5-7-13(8-6-12)18(23)24/h1-10H,11H2,(H,23,24). The van der Waals surface area contributed by atoms with Gasteiger partial charge in [-0.2, -0.15) is 0 Å². The lowest BCUT2D eigenvalue weighted by Crippen LogP contribution is -2.24. The van der Waals surface area contributed by atoms with Gasteiger partial charge in [-0.3, -0.25) is 9.36 Å². The highest BCUT2D eigenvalue weighted by Crippen LogP contribution is 2.14. The summed E-state index contributed by atoms with van der Waals surface area (Å²) in [6, 6.07) is 13.9. The van der Waals surface area contributed by atoms with Crippen LogP contribution in [0.25, 0.3) is 16.7 Å².